The van der Waals surface area contributed by atoms with E-state index in [0.717, 1.165) is 18.5 Å². The van der Waals surface area contributed by atoms with Crippen molar-refractivity contribution in [3.8, 4) is 5.75 Å². The number of nitrogens with one attached hydrogen (secondary N) is 1. The van der Waals surface area contributed by atoms with E-state index in [9.17, 15) is 10.2 Å². The molecule has 0 unspecified atom stereocenters. The van der Waals surface area contributed by atoms with E-state index in [-0.39, 0.29) is 27.8 Å². The molecule has 19 heavy (non-hydrogen) atoms. The van der Waals surface area contributed by atoms with Crippen LogP contribution in [0.2, 0.25) is 10.0 Å². The molecule has 3 nitrogen and oxygen atoms in total. The van der Waals surface area contributed by atoms with Crippen LogP contribution in [0.3, 0.4) is 0 Å². The third kappa shape index (κ3) is 3.47. The van der Waals surface area contributed by atoms with E-state index in [1.165, 1.54) is 19.3 Å². The molecule has 1 aliphatic rings. The van der Waals surface area contributed by atoms with Crippen LogP contribution in [-0.2, 0) is 0 Å². The molecule has 1 saturated carbocycles. The highest BCUT2D eigenvalue weighted by Gasteiger charge is 2.31. The molecule has 1 fully saturated rings. The summed E-state index contributed by atoms with van der Waals surface area (Å²) in [6.45, 7) is 0.889. The first-order valence-electron chi connectivity index (χ1n) is 6.59. The Kier molecular flexibility index (Phi) is 4.82. The van der Waals surface area contributed by atoms with Crippen LogP contribution in [0.4, 0.5) is 5.69 Å². The van der Waals surface area contributed by atoms with Crippen LogP contribution in [0, 0.1) is 5.41 Å². The fraction of sp³-hybridized carbons (Fsp3) is 0.571. The van der Waals surface area contributed by atoms with Gasteiger partial charge in [0, 0.05) is 17.6 Å². The van der Waals surface area contributed by atoms with Gasteiger partial charge in [-0.2, -0.15) is 0 Å². The lowest BCUT2D eigenvalue weighted by molar-refractivity contribution is 0.0944. The van der Waals surface area contributed by atoms with Crippen molar-refractivity contribution < 1.29 is 10.2 Å². The summed E-state index contributed by atoms with van der Waals surface area (Å²) in [6, 6.07) is 3.30. The number of anilines is 1. The van der Waals surface area contributed by atoms with E-state index in [1.54, 1.807) is 12.1 Å². The van der Waals surface area contributed by atoms with Gasteiger partial charge < -0.3 is 15.5 Å². The topological polar surface area (TPSA) is 52.5 Å². The zero-order valence-corrected chi connectivity index (χ0v) is 12.3. The molecule has 0 heterocycles. The minimum atomic E-state index is -0.0941. The summed E-state index contributed by atoms with van der Waals surface area (Å²) in [5.41, 5.74) is 0.723. The maximum atomic E-state index is 9.64. The highest BCUT2D eigenvalue weighted by molar-refractivity contribution is 6.37. The lowest BCUT2D eigenvalue weighted by Crippen LogP contribution is -2.35. The molecule has 0 spiro atoms. The van der Waals surface area contributed by atoms with Crippen molar-refractivity contribution in [2.45, 2.75) is 32.1 Å². The Balaban J connectivity index is 2.05. The summed E-state index contributed by atoms with van der Waals surface area (Å²) in [5.74, 6) is -0.0941. The summed E-state index contributed by atoms with van der Waals surface area (Å²) in [6.07, 6.45) is 5.66. The molecule has 1 aromatic carbocycles. The number of aliphatic hydroxyl groups excluding tert-OH is 1. The van der Waals surface area contributed by atoms with Gasteiger partial charge in [-0.05, 0) is 25.0 Å². The summed E-state index contributed by atoms with van der Waals surface area (Å²) in [5, 5.41) is 22.9. The van der Waals surface area contributed by atoms with Crippen molar-refractivity contribution in [1.82, 2.24) is 0 Å². The fourth-order valence-corrected chi connectivity index (χ4v) is 3.14. The van der Waals surface area contributed by atoms with Gasteiger partial charge in [0.15, 0.2) is 5.75 Å². The highest BCUT2D eigenvalue weighted by atomic mass is 35.5. The monoisotopic (exact) mass is 303 g/mol. The second kappa shape index (κ2) is 6.21. The fourth-order valence-electron chi connectivity index (χ4n) is 2.65. The largest absolute Gasteiger partial charge is 0.505 e. The predicted molar refractivity (Wildman–Crippen MR) is 79.2 cm³/mol. The maximum absolute atomic E-state index is 9.64. The molecule has 106 valence electrons. The summed E-state index contributed by atoms with van der Waals surface area (Å²) in [4.78, 5) is 0. The molecule has 3 N–H and O–H groups in total. The van der Waals surface area contributed by atoms with Crippen molar-refractivity contribution in [2.75, 3.05) is 18.5 Å². The van der Waals surface area contributed by atoms with E-state index in [1.807, 2.05) is 0 Å². The second-order valence-electron chi connectivity index (χ2n) is 5.36. The quantitative estimate of drug-likeness (QED) is 0.735. The Bertz CT molecular complexity index is 422. The first-order valence-corrected chi connectivity index (χ1v) is 7.35. The second-order valence-corrected chi connectivity index (χ2v) is 6.18. The van der Waals surface area contributed by atoms with Crippen molar-refractivity contribution >= 4 is 28.9 Å². The Morgan fingerprint density at radius 1 is 1.11 bits per heavy atom. The van der Waals surface area contributed by atoms with Crippen molar-refractivity contribution in [3.63, 3.8) is 0 Å². The van der Waals surface area contributed by atoms with Crippen LogP contribution in [0.15, 0.2) is 12.1 Å². The standard InChI is InChI=1S/C14H19Cl2NO2/c15-11-6-10(7-12(16)13(11)19)17-8-14(9-18)4-2-1-3-5-14/h6-7,17-19H,1-5,8-9H2. The van der Waals surface area contributed by atoms with Gasteiger partial charge in [0.05, 0.1) is 16.7 Å². The number of halogens is 2. The molecular formula is C14H19Cl2NO2. The predicted octanol–water partition coefficient (Wildman–Crippen LogP) is 4.05. The Morgan fingerprint density at radius 3 is 2.21 bits per heavy atom. The number of rotatable bonds is 4. The number of phenols is 1. The van der Waals surface area contributed by atoms with Crippen LogP contribution in [-0.4, -0.2) is 23.4 Å². The molecule has 5 heteroatoms. The molecular weight excluding hydrogens is 285 g/mol. The van der Waals surface area contributed by atoms with Gasteiger partial charge in [-0.25, -0.2) is 0 Å². The van der Waals surface area contributed by atoms with Crippen LogP contribution >= 0.6 is 23.2 Å². The Hall–Kier alpha value is -0.640. The Labute approximate surface area is 123 Å². The van der Waals surface area contributed by atoms with Crippen LogP contribution in [0.25, 0.3) is 0 Å². The first-order chi connectivity index (χ1) is 9.06. The van der Waals surface area contributed by atoms with Crippen molar-refractivity contribution in [2.24, 2.45) is 5.41 Å². The molecule has 0 aromatic heterocycles. The summed E-state index contributed by atoms with van der Waals surface area (Å²) >= 11 is 11.8. The van der Waals surface area contributed by atoms with Gasteiger partial charge in [0.2, 0.25) is 0 Å². The minimum absolute atomic E-state index is 0.0465. The summed E-state index contributed by atoms with van der Waals surface area (Å²) < 4.78 is 0. The van der Waals surface area contributed by atoms with Crippen LogP contribution in [0.1, 0.15) is 32.1 Å². The molecule has 1 aromatic rings. The van der Waals surface area contributed by atoms with Gasteiger partial charge in [-0.3, -0.25) is 0 Å². The number of phenolic OH excluding ortho intramolecular Hbond substituents is 1. The van der Waals surface area contributed by atoms with Gasteiger partial charge in [-0.15, -0.1) is 0 Å². The summed E-state index contributed by atoms with van der Waals surface area (Å²) in [7, 11) is 0. The number of benzene rings is 1. The van der Waals surface area contributed by atoms with E-state index in [0.29, 0.717) is 6.54 Å². The van der Waals surface area contributed by atoms with Gasteiger partial charge in [-0.1, -0.05) is 42.5 Å². The third-order valence-electron chi connectivity index (χ3n) is 3.93. The van der Waals surface area contributed by atoms with Gasteiger partial charge in [0.25, 0.3) is 0 Å². The van der Waals surface area contributed by atoms with E-state index >= 15 is 0 Å². The highest BCUT2D eigenvalue weighted by Crippen LogP contribution is 2.38. The zero-order chi connectivity index (χ0) is 13.9. The zero-order valence-electron chi connectivity index (χ0n) is 10.8. The molecule has 0 saturated heterocycles. The smallest absolute Gasteiger partial charge is 0.152 e. The van der Waals surface area contributed by atoms with Gasteiger partial charge in [0.1, 0.15) is 0 Å². The number of aliphatic hydroxyl groups is 1. The van der Waals surface area contributed by atoms with Crippen molar-refractivity contribution in [3.05, 3.63) is 22.2 Å². The lowest BCUT2D eigenvalue weighted by Gasteiger charge is -2.36. The molecule has 2 rings (SSSR count). The number of aromatic hydroxyl groups is 1. The molecule has 0 atom stereocenters. The van der Waals surface area contributed by atoms with Crippen LogP contribution < -0.4 is 5.32 Å². The third-order valence-corrected chi connectivity index (χ3v) is 4.51. The van der Waals surface area contributed by atoms with Crippen molar-refractivity contribution in [1.29, 1.82) is 0 Å². The van der Waals surface area contributed by atoms with E-state index in [4.69, 9.17) is 23.2 Å². The molecule has 0 amide bonds. The van der Waals surface area contributed by atoms with Crippen LogP contribution in [0.5, 0.6) is 5.75 Å². The Morgan fingerprint density at radius 2 is 1.68 bits per heavy atom. The lowest BCUT2D eigenvalue weighted by atomic mass is 9.74. The molecule has 0 aliphatic heterocycles. The maximum Gasteiger partial charge on any atom is 0.152 e. The average Bonchev–Trinajstić information content (AvgIpc) is 2.43. The number of hydrogen-bond acceptors (Lipinski definition) is 3. The van der Waals surface area contributed by atoms with Gasteiger partial charge >= 0.3 is 0 Å². The normalized spacial score (nSPS) is 18.3. The molecule has 0 bridgehead atoms. The van der Waals surface area contributed by atoms with E-state index in [2.05, 4.69) is 5.32 Å². The average molecular weight is 304 g/mol. The number of hydrogen-bond donors (Lipinski definition) is 3. The minimum Gasteiger partial charge on any atom is -0.505 e. The van der Waals surface area contributed by atoms with E-state index < -0.39 is 0 Å². The first kappa shape index (κ1) is 14.8. The molecule has 1 aliphatic carbocycles. The molecule has 0 radical (unpaired) electrons. The SMILES string of the molecule is OCC1(CNc2cc(Cl)c(O)c(Cl)c2)CCCCC1.